The zero-order valence-corrected chi connectivity index (χ0v) is 13.5. The lowest BCUT2D eigenvalue weighted by atomic mass is 10.1. The molecule has 0 heterocycles. The van der Waals surface area contributed by atoms with Crippen molar-refractivity contribution in [3.63, 3.8) is 0 Å². The van der Waals surface area contributed by atoms with Gasteiger partial charge in [0, 0.05) is 6.61 Å². The zero-order valence-electron chi connectivity index (χ0n) is 13.5. The minimum absolute atomic E-state index is 0.286. The first-order chi connectivity index (χ1) is 10.0. The number of quaternary nitrogens is 1. The number of ether oxygens (including phenoxy) is 1. The highest BCUT2D eigenvalue weighted by atomic mass is 16.5. The van der Waals surface area contributed by atoms with Crippen LogP contribution in [0.5, 0.6) is 0 Å². The van der Waals surface area contributed by atoms with E-state index in [1.807, 2.05) is 0 Å². The summed E-state index contributed by atoms with van der Waals surface area (Å²) in [5.74, 6) is -1.03. The van der Waals surface area contributed by atoms with Crippen molar-refractivity contribution in [2.24, 2.45) is 0 Å². The van der Waals surface area contributed by atoms with Gasteiger partial charge in [-0.25, -0.2) is 4.79 Å². The van der Waals surface area contributed by atoms with E-state index in [-0.39, 0.29) is 11.0 Å². The summed E-state index contributed by atoms with van der Waals surface area (Å²) in [5, 5.41) is 27.9. The van der Waals surface area contributed by atoms with Gasteiger partial charge in [0.05, 0.1) is 6.61 Å². The van der Waals surface area contributed by atoms with E-state index in [2.05, 4.69) is 6.92 Å². The van der Waals surface area contributed by atoms with Crippen molar-refractivity contribution in [1.82, 2.24) is 0 Å². The molecule has 0 saturated carbocycles. The summed E-state index contributed by atoms with van der Waals surface area (Å²) in [4.78, 5) is 11.0. The molecule has 0 aliphatic carbocycles. The van der Waals surface area contributed by atoms with Crippen molar-refractivity contribution in [3.05, 3.63) is 0 Å². The van der Waals surface area contributed by atoms with Crippen LogP contribution < -0.4 is 0 Å². The van der Waals surface area contributed by atoms with E-state index in [9.17, 15) is 15.0 Å². The third-order valence-corrected chi connectivity index (χ3v) is 4.07. The lowest BCUT2D eigenvalue weighted by Gasteiger charge is -2.37. The van der Waals surface area contributed by atoms with Crippen LogP contribution in [-0.4, -0.2) is 65.0 Å². The van der Waals surface area contributed by atoms with Crippen LogP contribution in [0.4, 0.5) is 0 Å². The molecule has 6 nitrogen and oxygen atoms in total. The minimum Gasteiger partial charge on any atom is -0.477 e. The molecule has 0 aliphatic heterocycles. The van der Waals surface area contributed by atoms with Crippen LogP contribution in [0.25, 0.3) is 0 Å². The molecule has 0 rings (SSSR count). The molecule has 0 spiro atoms. The molecular weight excluding hydrogens is 274 g/mol. The molecule has 126 valence electrons. The second kappa shape index (κ2) is 11.9. The van der Waals surface area contributed by atoms with Gasteiger partial charge in [0.25, 0.3) is 0 Å². The number of carboxylic acids is 1. The van der Waals surface area contributed by atoms with Crippen LogP contribution >= 0.6 is 0 Å². The van der Waals surface area contributed by atoms with E-state index in [0.29, 0.717) is 13.2 Å². The normalized spacial score (nSPS) is 13.3. The molecule has 0 aromatic carbocycles. The molecule has 0 aromatic rings. The van der Waals surface area contributed by atoms with E-state index >= 15 is 0 Å². The topological polar surface area (TPSA) is 87.0 Å². The Hall–Kier alpha value is -0.690. The number of aliphatic hydroxyl groups excluding tert-OH is 2. The van der Waals surface area contributed by atoms with Crippen molar-refractivity contribution in [1.29, 1.82) is 0 Å². The first-order valence-corrected chi connectivity index (χ1v) is 7.92. The second-order valence-electron chi connectivity index (χ2n) is 5.62. The quantitative estimate of drug-likeness (QED) is 0.257. The van der Waals surface area contributed by atoms with Gasteiger partial charge < -0.3 is 20.1 Å². The summed E-state index contributed by atoms with van der Waals surface area (Å²) in [6, 6.07) is -0.863. The number of hydrogen-bond donors (Lipinski definition) is 3. The number of nitrogens with zero attached hydrogens (tertiary/aromatic N) is 1. The Kier molecular flexibility index (Phi) is 11.5. The highest BCUT2D eigenvalue weighted by Gasteiger charge is 2.37. The summed E-state index contributed by atoms with van der Waals surface area (Å²) < 4.78 is 5.21. The van der Waals surface area contributed by atoms with E-state index < -0.39 is 25.5 Å². The largest absolute Gasteiger partial charge is 0.477 e. The first kappa shape index (κ1) is 20.3. The van der Waals surface area contributed by atoms with Crippen molar-refractivity contribution < 1.29 is 29.3 Å². The molecule has 3 N–H and O–H groups in total. The number of unbranched alkanes of at least 4 members (excludes halogenated alkanes) is 5. The van der Waals surface area contributed by atoms with E-state index in [1.54, 1.807) is 0 Å². The smallest absolute Gasteiger partial charge is 0.362 e. The number of aliphatic carboxylic acids is 1. The molecule has 0 fully saturated rings. The molecule has 6 heteroatoms. The summed E-state index contributed by atoms with van der Waals surface area (Å²) in [6.45, 7) is 4.12. The standard InChI is InChI=1S/C15H31NO5/c1-3-4-5-6-7-8-10-21-11-9-16(12-17,13-18)14(2)15(19)20/h14,17-18H,3-13H2,1-2H3/p+1. The summed E-state index contributed by atoms with van der Waals surface area (Å²) >= 11 is 0. The lowest BCUT2D eigenvalue weighted by molar-refractivity contribution is -0.974. The van der Waals surface area contributed by atoms with Gasteiger partial charge in [0.1, 0.15) is 6.54 Å². The molecule has 0 radical (unpaired) electrons. The summed E-state index contributed by atoms with van der Waals surface area (Å²) in [5.41, 5.74) is 0. The molecular formula is C15H32NO5+. The number of carboxylic acid groups (broad SMARTS) is 1. The fraction of sp³-hybridized carbons (Fsp3) is 0.933. The first-order valence-electron chi connectivity index (χ1n) is 7.92. The third kappa shape index (κ3) is 7.76. The highest BCUT2D eigenvalue weighted by molar-refractivity contribution is 5.71. The third-order valence-electron chi connectivity index (χ3n) is 4.07. The molecule has 0 bridgehead atoms. The fourth-order valence-corrected chi connectivity index (χ4v) is 2.19. The van der Waals surface area contributed by atoms with Crippen molar-refractivity contribution in [3.8, 4) is 0 Å². The van der Waals surface area contributed by atoms with Gasteiger partial charge in [0.15, 0.2) is 19.5 Å². The highest BCUT2D eigenvalue weighted by Crippen LogP contribution is 2.12. The van der Waals surface area contributed by atoms with Crippen LogP contribution in [0.2, 0.25) is 0 Å². The van der Waals surface area contributed by atoms with Gasteiger partial charge in [-0.05, 0) is 13.3 Å². The number of rotatable bonds is 14. The number of hydrogen-bond acceptors (Lipinski definition) is 4. The molecule has 1 unspecified atom stereocenters. The Balaban J connectivity index is 3.87. The van der Waals surface area contributed by atoms with Gasteiger partial charge in [-0.15, -0.1) is 0 Å². The second-order valence-corrected chi connectivity index (χ2v) is 5.62. The van der Waals surface area contributed by atoms with Gasteiger partial charge in [0.2, 0.25) is 0 Å². The van der Waals surface area contributed by atoms with E-state index in [4.69, 9.17) is 9.84 Å². The summed E-state index contributed by atoms with van der Waals surface area (Å²) in [7, 11) is 0. The minimum atomic E-state index is -1.03. The van der Waals surface area contributed by atoms with Crippen LogP contribution in [0.15, 0.2) is 0 Å². The SMILES string of the molecule is CCCCCCCCOCC[N+](CO)(CO)C(C)C(=O)O. The van der Waals surface area contributed by atoms with Crippen molar-refractivity contribution in [2.45, 2.75) is 58.4 Å². The van der Waals surface area contributed by atoms with Gasteiger partial charge in [-0.1, -0.05) is 39.0 Å². The van der Waals surface area contributed by atoms with Gasteiger partial charge in [-0.3, -0.25) is 4.48 Å². The fourth-order valence-electron chi connectivity index (χ4n) is 2.19. The van der Waals surface area contributed by atoms with Gasteiger partial charge in [-0.2, -0.15) is 0 Å². The zero-order chi connectivity index (χ0) is 16.1. The average molecular weight is 306 g/mol. The monoisotopic (exact) mass is 306 g/mol. The Bertz CT molecular complexity index is 269. The molecule has 0 aromatic heterocycles. The Morgan fingerprint density at radius 2 is 1.62 bits per heavy atom. The lowest BCUT2D eigenvalue weighted by Crippen LogP contribution is -2.59. The molecule has 0 aliphatic rings. The van der Waals surface area contributed by atoms with Gasteiger partial charge >= 0.3 is 5.97 Å². The van der Waals surface area contributed by atoms with Crippen LogP contribution in [-0.2, 0) is 9.53 Å². The maximum Gasteiger partial charge on any atom is 0.362 e. The molecule has 21 heavy (non-hydrogen) atoms. The Morgan fingerprint density at radius 3 is 2.14 bits per heavy atom. The predicted molar refractivity (Wildman–Crippen MR) is 80.6 cm³/mol. The van der Waals surface area contributed by atoms with E-state index in [1.165, 1.54) is 32.6 Å². The molecule has 1 atom stereocenters. The number of carbonyl (C=O) groups is 1. The maximum absolute atomic E-state index is 11.0. The molecule has 0 saturated heterocycles. The van der Waals surface area contributed by atoms with Crippen LogP contribution in [0.3, 0.4) is 0 Å². The molecule has 0 amide bonds. The maximum atomic E-state index is 11.0. The summed E-state index contributed by atoms with van der Waals surface area (Å²) in [6.07, 6.45) is 7.14. The Morgan fingerprint density at radius 1 is 1.05 bits per heavy atom. The van der Waals surface area contributed by atoms with Crippen molar-refractivity contribution >= 4 is 5.97 Å². The average Bonchev–Trinajstić information content (AvgIpc) is 2.49. The van der Waals surface area contributed by atoms with Crippen molar-refractivity contribution in [2.75, 3.05) is 33.2 Å². The number of aliphatic hydroxyl groups is 2. The predicted octanol–water partition coefficient (Wildman–Crippen LogP) is 1.55. The Labute approximate surface area is 127 Å². The van der Waals surface area contributed by atoms with E-state index in [0.717, 1.165) is 12.8 Å². The van der Waals surface area contributed by atoms with Crippen LogP contribution in [0, 0.1) is 0 Å². The van der Waals surface area contributed by atoms with Crippen LogP contribution in [0.1, 0.15) is 52.4 Å².